The number of rotatable bonds is 6. The number of carbonyl (C=O) groups is 2. The van der Waals surface area contributed by atoms with Gasteiger partial charge in [0, 0.05) is 31.8 Å². The van der Waals surface area contributed by atoms with Gasteiger partial charge in [-0.1, -0.05) is 23.7 Å². The lowest BCUT2D eigenvalue weighted by atomic mass is 10.1. The molecule has 0 saturated carbocycles. The summed E-state index contributed by atoms with van der Waals surface area (Å²) in [5.41, 5.74) is 1.74. The predicted octanol–water partition coefficient (Wildman–Crippen LogP) is 2.99. The number of hydrogen-bond donors (Lipinski definition) is 1. The normalized spacial score (nSPS) is 10.2. The molecule has 7 heteroatoms. The highest BCUT2D eigenvalue weighted by molar-refractivity contribution is 6.32. The smallest absolute Gasteiger partial charge is 0.253 e. The Hall–Kier alpha value is -2.73. The van der Waals surface area contributed by atoms with Gasteiger partial charge in [0.05, 0.1) is 19.2 Å². The first-order valence-electron chi connectivity index (χ1n) is 7.87. The molecule has 0 radical (unpaired) electrons. The summed E-state index contributed by atoms with van der Waals surface area (Å²) < 4.78 is 10.4. The molecule has 0 aliphatic carbocycles. The molecule has 1 N–H and O–H groups in total. The van der Waals surface area contributed by atoms with Crippen molar-refractivity contribution in [2.24, 2.45) is 0 Å². The number of amides is 2. The molecule has 0 bridgehead atoms. The van der Waals surface area contributed by atoms with Crippen molar-refractivity contribution >= 4 is 23.4 Å². The predicted molar refractivity (Wildman–Crippen MR) is 100 cm³/mol. The van der Waals surface area contributed by atoms with E-state index in [4.69, 9.17) is 21.1 Å². The summed E-state index contributed by atoms with van der Waals surface area (Å²) in [6.45, 7) is 0.277. The fourth-order valence-corrected chi connectivity index (χ4v) is 2.69. The van der Waals surface area contributed by atoms with Crippen molar-refractivity contribution in [3.05, 3.63) is 58.1 Å². The number of halogens is 1. The minimum absolute atomic E-state index is 0.0927. The highest BCUT2D eigenvalue weighted by Crippen LogP contribution is 2.35. The molecule has 0 aliphatic heterocycles. The Bertz CT molecular complexity index is 821. The van der Waals surface area contributed by atoms with E-state index in [9.17, 15) is 9.59 Å². The maximum Gasteiger partial charge on any atom is 0.253 e. The van der Waals surface area contributed by atoms with E-state index >= 15 is 0 Å². The Morgan fingerprint density at radius 3 is 2.42 bits per heavy atom. The number of methoxy groups -OCH3 is 2. The average molecular weight is 377 g/mol. The average Bonchev–Trinajstić information content (AvgIpc) is 2.64. The SMILES string of the molecule is COc1cc(C(=O)NCc2cccc(C(=O)N(C)C)c2)cc(Cl)c1OC. The Labute approximate surface area is 157 Å². The second-order valence-electron chi connectivity index (χ2n) is 5.78. The van der Waals surface area contributed by atoms with Crippen LogP contribution >= 0.6 is 11.6 Å². The van der Waals surface area contributed by atoms with Crippen molar-refractivity contribution < 1.29 is 19.1 Å². The molecule has 26 heavy (non-hydrogen) atoms. The van der Waals surface area contributed by atoms with Gasteiger partial charge in [-0.3, -0.25) is 9.59 Å². The molecular weight excluding hydrogens is 356 g/mol. The van der Waals surface area contributed by atoms with Gasteiger partial charge < -0.3 is 19.7 Å². The Balaban J connectivity index is 2.13. The van der Waals surface area contributed by atoms with Crippen molar-refractivity contribution in [2.45, 2.75) is 6.54 Å². The first-order chi connectivity index (χ1) is 12.4. The zero-order chi connectivity index (χ0) is 19.3. The van der Waals surface area contributed by atoms with Crippen LogP contribution < -0.4 is 14.8 Å². The summed E-state index contributed by atoms with van der Waals surface area (Å²) in [7, 11) is 6.34. The Kier molecular flexibility index (Phi) is 6.46. The van der Waals surface area contributed by atoms with Crippen LogP contribution in [0.5, 0.6) is 11.5 Å². The fourth-order valence-electron chi connectivity index (χ4n) is 2.41. The van der Waals surface area contributed by atoms with Gasteiger partial charge in [-0.05, 0) is 29.8 Å². The molecule has 2 aromatic carbocycles. The molecule has 0 aromatic heterocycles. The lowest BCUT2D eigenvalue weighted by Crippen LogP contribution is -2.24. The van der Waals surface area contributed by atoms with E-state index in [-0.39, 0.29) is 23.4 Å². The maximum absolute atomic E-state index is 12.4. The molecule has 0 atom stereocenters. The van der Waals surface area contributed by atoms with Crippen LogP contribution in [-0.2, 0) is 6.54 Å². The minimum atomic E-state index is -0.308. The van der Waals surface area contributed by atoms with Crippen molar-refractivity contribution in [3.8, 4) is 11.5 Å². The van der Waals surface area contributed by atoms with Crippen molar-refractivity contribution in [1.29, 1.82) is 0 Å². The molecule has 2 aromatic rings. The van der Waals surface area contributed by atoms with Crippen molar-refractivity contribution in [2.75, 3.05) is 28.3 Å². The number of hydrogen-bond acceptors (Lipinski definition) is 4. The standard InChI is InChI=1S/C19H21ClN2O4/c1-22(2)19(24)13-7-5-6-12(8-13)11-21-18(23)14-9-15(20)17(26-4)16(10-14)25-3/h5-10H,11H2,1-4H3,(H,21,23). The third-order valence-electron chi connectivity index (χ3n) is 3.73. The van der Waals surface area contributed by atoms with E-state index in [0.717, 1.165) is 5.56 Å². The van der Waals surface area contributed by atoms with Gasteiger partial charge in [0.1, 0.15) is 0 Å². The van der Waals surface area contributed by atoms with Gasteiger partial charge in [0.2, 0.25) is 0 Å². The van der Waals surface area contributed by atoms with E-state index in [1.807, 2.05) is 6.07 Å². The quantitative estimate of drug-likeness (QED) is 0.841. The third kappa shape index (κ3) is 4.46. The Morgan fingerprint density at radius 1 is 1.08 bits per heavy atom. The molecule has 0 aliphatic rings. The molecule has 0 heterocycles. The monoisotopic (exact) mass is 376 g/mol. The van der Waals surface area contributed by atoms with E-state index in [2.05, 4.69) is 5.32 Å². The van der Waals surface area contributed by atoms with Crippen LogP contribution in [0.1, 0.15) is 26.3 Å². The molecule has 0 spiro atoms. The van der Waals surface area contributed by atoms with Gasteiger partial charge in [0.15, 0.2) is 11.5 Å². The van der Waals surface area contributed by atoms with Crippen LogP contribution in [0, 0.1) is 0 Å². The third-order valence-corrected chi connectivity index (χ3v) is 4.01. The summed E-state index contributed by atoms with van der Waals surface area (Å²) in [6, 6.07) is 10.2. The maximum atomic E-state index is 12.4. The number of carbonyl (C=O) groups excluding carboxylic acids is 2. The zero-order valence-electron chi connectivity index (χ0n) is 15.1. The van der Waals surface area contributed by atoms with E-state index in [1.165, 1.54) is 25.2 Å². The van der Waals surface area contributed by atoms with Crippen LogP contribution in [0.2, 0.25) is 5.02 Å². The van der Waals surface area contributed by atoms with Crippen LogP contribution in [0.15, 0.2) is 36.4 Å². The number of nitrogens with zero attached hydrogens (tertiary/aromatic N) is 1. The lowest BCUT2D eigenvalue weighted by molar-refractivity contribution is 0.0827. The summed E-state index contributed by atoms with van der Waals surface area (Å²) in [6.07, 6.45) is 0. The van der Waals surface area contributed by atoms with Crippen molar-refractivity contribution in [1.82, 2.24) is 10.2 Å². The molecule has 0 unspecified atom stereocenters. The van der Waals surface area contributed by atoms with Crippen molar-refractivity contribution in [3.63, 3.8) is 0 Å². The van der Waals surface area contributed by atoms with Crippen LogP contribution in [0.4, 0.5) is 0 Å². The summed E-state index contributed by atoms with van der Waals surface area (Å²) in [5.74, 6) is 0.353. The molecular formula is C19H21ClN2O4. The van der Waals surface area contributed by atoms with E-state index < -0.39 is 0 Å². The first kappa shape index (κ1) is 19.6. The summed E-state index contributed by atoms with van der Waals surface area (Å²) >= 11 is 6.13. The largest absolute Gasteiger partial charge is 0.493 e. The summed E-state index contributed by atoms with van der Waals surface area (Å²) in [4.78, 5) is 25.9. The highest BCUT2D eigenvalue weighted by atomic mass is 35.5. The molecule has 2 amide bonds. The minimum Gasteiger partial charge on any atom is -0.493 e. The number of ether oxygens (including phenoxy) is 2. The Morgan fingerprint density at radius 2 is 1.81 bits per heavy atom. The first-order valence-corrected chi connectivity index (χ1v) is 8.25. The van der Waals surface area contributed by atoms with Gasteiger partial charge in [-0.2, -0.15) is 0 Å². The van der Waals surface area contributed by atoms with Gasteiger partial charge >= 0.3 is 0 Å². The molecule has 0 saturated heterocycles. The lowest BCUT2D eigenvalue weighted by Gasteiger charge is -2.13. The molecule has 0 fully saturated rings. The topological polar surface area (TPSA) is 67.9 Å². The summed E-state index contributed by atoms with van der Waals surface area (Å²) in [5, 5.41) is 3.10. The fraction of sp³-hybridized carbons (Fsp3) is 0.263. The highest BCUT2D eigenvalue weighted by Gasteiger charge is 2.15. The van der Waals surface area contributed by atoms with E-state index in [0.29, 0.717) is 22.6 Å². The zero-order valence-corrected chi connectivity index (χ0v) is 15.9. The molecule has 138 valence electrons. The number of nitrogens with one attached hydrogen (secondary N) is 1. The van der Waals surface area contributed by atoms with Crippen LogP contribution in [0.25, 0.3) is 0 Å². The molecule has 2 rings (SSSR count). The second kappa shape index (κ2) is 8.58. The number of benzene rings is 2. The molecule has 6 nitrogen and oxygen atoms in total. The van der Waals surface area contributed by atoms with E-state index in [1.54, 1.807) is 38.4 Å². The van der Waals surface area contributed by atoms with Crippen LogP contribution in [0.3, 0.4) is 0 Å². The van der Waals surface area contributed by atoms with Gasteiger partial charge in [-0.25, -0.2) is 0 Å². The van der Waals surface area contributed by atoms with Gasteiger partial charge in [0.25, 0.3) is 11.8 Å². The van der Waals surface area contributed by atoms with Crippen LogP contribution in [-0.4, -0.2) is 45.0 Å². The second-order valence-corrected chi connectivity index (χ2v) is 6.18. The van der Waals surface area contributed by atoms with Gasteiger partial charge in [-0.15, -0.1) is 0 Å².